The minimum absolute atomic E-state index is 1.03. The zero-order valence-electron chi connectivity index (χ0n) is 29.2. The van der Waals surface area contributed by atoms with Gasteiger partial charge in [-0.3, -0.25) is 4.98 Å². The number of rotatable bonds is 4. The molecule has 8 aromatic carbocycles. The van der Waals surface area contributed by atoms with Gasteiger partial charge in [0, 0.05) is 61.0 Å². The van der Waals surface area contributed by atoms with E-state index in [1.54, 1.807) is 0 Å². The number of aromatic nitrogens is 3. The molecular weight excluding hydrogens is 655 g/mol. The Morgan fingerprint density at radius 3 is 1.76 bits per heavy atom. The first-order valence-electron chi connectivity index (χ1n) is 18.5. The van der Waals surface area contributed by atoms with E-state index >= 15 is 0 Å². The van der Waals surface area contributed by atoms with Gasteiger partial charge in [0.15, 0.2) is 0 Å². The van der Waals surface area contributed by atoms with Gasteiger partial charge >= 0.3 is 0 Å². The van der Waals surface area contributed by atoms with Crippen LogP contribution < -0.4 is 0 Å². The molecule has 0 radical (unpaired) electrons. The van der Waals surface area contributed by atoms with E-state index in [0.29, 0.717) is 0 Å². The minimum Gasteiger partial charge on any atom is -0.309 e. The highest BCUT2D eigenvalue weighted by Crippen LogP contribution is 2.50. The minimum atomic E-state index is 1.03. The third kappa shape index (κ3) is 4.09. The molecule has 11 aromatic rings. The molecule has 12 rings (SSSR count). The van der Waals surface area contributed by atoms with Crippen LogP contribution in [0, 0.1) is 0 Å². The van der Waals surface area contributed by atoms with Crippen molar-refractivity contribution in [2.45, 2.75) is 0 Å². The van der Waals surface area contributed by atoms with E-state index in [0.717, 1.165) is 22.6 Å². The number of nitrogens with zero attached hydrogens (tertiary/aromatic N) is 3. The smallest absolute Gasteiger partial charge is 0.0787 e. The average Bonchev–Trinajstić information content (AvgIpc) is 3.88. The number of para-hydroxylation sites is 3. The van der Waals surface area contributed by atoms with Crippen molar-refractivity contribution in [2.24, 2.45) is 0 Å². The van der Waals surface area contributed by atoms with Crippen molar-refractivity contribution in [1.29, 1.82) is 0 Å². The molecule has 1 aliphatic rings. The van der Waals surface area contributed by atoms with E-state index in [1.807, 2.05) is 6.20 Å². The molecule has 0 aliphatic heterocycles. The maximum absolute atomic E-state index is 5.11. The van der Waals surface area contributed by atoms with Crippen molar-refractivity contribution < 1.29 is 0 Å². The molecule has 3 heteroatoms. The second kappa shape index (κ2) is 11.1. The fraction of sp³-hybridized carbons (Fsp3) is 0. The van der Waals surface area contributed by atoms with Crippen molar-refractivity contribution in [2.75, 3.05) is 0 Å². The summed E-state index contributed by atoms with van der Waals surface area (Å²) in [6.45, 7) is 0. The molecule has 0 bridgehead atoms. The van der Waals surface area contributed by atoms with Crippen LogP contribution in [0.15, 0.2) is 188 Å². The Hall–Kier alpha value is -7.23. The zero-order valence-corrected chi connectivity index (χ0v) is 29.2. The Kier molecular flexibility index (Phi) is 6.05. The van der Waals surface area contributed by atoms with Gasteiger partial charge in [-0.2, -0.15) is 0 Å². The summed E-state index contributed by atoms with van der Waals surface area (Å²) in [6, 6.07) is 66.3. The van der Waals surface area contributed by atoms with Gasteiger partial charge in [0.1, 0.15) is 0 Å². The van der Waals surface area contributed by atoms with E-state index in [2.05, 4.69) is 191 Å². The maximum Gasteiger partial charge on any atom is 0.0787 e. The second-order valence-electron chi connectivity index (χ2n) is 14.4. The summed E-state index contributed by atoms with van der Waals surface area (Å²) in [6.07, 6.45) is 2.04. The van der Waals surface area contributed by atoms with Gasteiger partial charge in [0.25, 0.3) is 0 Å². The molecule has 0 spiro atoms. The fourth-order valence-corrected chi connectivity index (χ4v) is 9.15. The molecule has 54 heavy (non-hydrogen) atoms. The number of benzene rings is 8. The Morgan fingerprint density at radius 1 is 0.352 bits per heavy atom. The third-order valence-electron chi connectivity index (χ3n) is 11.5. The average molecular weight is 686 g/mol. The third-order valence-corrected chi connectivity index (χ3v) is 11.5. The van der Waals surface area contributed by atoms with Crippen LogP contribution in [0.25, 0.3) is 110 Å². The highest BCUT2D eigenvalue weighted by atomic mass is 15.0. The summed E-state index contributed by atoms with van der Waals surface area (Å²) < 4.78 is 4.81. The highest BCUT2D eigenvalue weighted by molar-refractivity contribution is 6.18. The van der Waals surface area contributed by atoms with Gasteiger partial charge in [-0.25, -0.2) is 0 Å². The van der Waals surface area contributed by atoms with E-state index < -0.39 is 0 Å². The highest BCUT2D eigenvalue weighted by Gasteiger charge is 2.25. The molecular formula is C51H31N3. The largest absolute Gasteiger partial charge is 0.309 e. The summed E-state index contributed by atoms with van der Waals surface area (Å²) >= 11 is 0. The number of hydrogen-bond acceptors (Lipinski definition) is 1. The molecule has 0 amide bonds. The standard InChI is InChI=1S/C51H31N3/c1-2-15-36(16-3-1)53-47-26-24-33(29-43(47)44-30-37(25-27-48(44)53)54-45-22-8-6-18-39(45)40-19-7-9-23-46(40)54)32-12-10-13-34(28-32)51-50-42-20-5-4-17-38(42)41-21-11-14-35(31-52-51)49(41)50/h1-31H. The quantitative estimate of drug-likeness (QED) is 0.181. The van der Waals surface area contributed by atoms with Gasteiger partial charge in [0.05, 0.1) is 27.8 Å². The van der Waals surface area contributed by atoms with Gasteiger partial charge in [0.2, 0.25) is 0 Å². The summed E-state index contributed by atoms with van der Waals surface area (Å²) in [5.41, 5.74) is 16.6. The van der Waals surface area contributed by atoms with E-state index in [-0.39, 0.29) is 0 Å². The molecule has 250 valence electrons. The molecule has 0 saturated heterocycles. The molecule has 0 fully saturated rings. The Balaban J connectivity index is 1.07. The lowest BCUT2D eigenvalue weighted by Crippen LogP contribution is -1.95. The molecule has 0 saturated carbocycles. The molecule has 3 heterocycles. The first-order valence-corrected chi connectivity index (χ1v) is 18.5. The monoisotopic (exact) mass is 685 g/mol. The van der Waals surface area contributed by atoms with Crippen molar-refractivity contribution in [3.63, 3.8) is 0 Å². The van der Waals surface area contributed by atoms with Crippen LogP contribution in [0.2, 0.25) is 0 Å². The molecule has 3 aromatic heterocycles. The van der Waals surface area contributed by atoms with Crippen molar-refractivity contribution in [3.05, 3.63) is 188 Å². The van der Waals surface area contributed by atoms with Crippen LogP contribution in [0.1, 0.15) is 0 Å². The molecule has 0 N–H and O–H groups in total. The van der Waals surface area contributed by atoms with Gasteiger partial charge in [-0.1, -0.05) is 121 Å². The Bertz CT molecular complexity index is 3270. The van der Waals surface area contributed by atoms with E-state index in [9.17, 15) is 0 Å². The van der Waals surface area contributed by atoms with Crippen LogP contribution in [-0.2, 0) is 0 Å². The van der Waals surface area contributed by atoms with E-state index in [1.165, 1.54) is 87.8 Å². The molecule has 0 atom stereocenters. The summed E-state index contributed by atoms with van der Waals surface area (Å²) in [7, 11) is 0. The molecule has 1 aliphatic carbocycles. The first-order chi connectivity index (χ1) is 26.8. The Labute approximate surface area is 311 Å². The van der Waals surface area contributed by atoms with Crippen LogP contribution >= 0.6 is 0 Å². The zero-order chi connectivity index (χ0) is 35.3. The first kappa shape index (κ1) is 29.4. The molecule has 0 unspecified atom stereocenters. The van der Waals surface area contributed by atoms with Gasteiger partial charge in [-0.05, 0) is 88.5 Å². The van der Waals surface area contributed by atoms with Crippen LogP contribution in [0.4, 0.5) is 0 Å². The van der Waals surface area contributed by atoms with Crippen molar-refractivity contribution in [3.8, 4) is 56.0 Å². The topological polar surface area (TPSA) is 22.8 Å². The van der Waals surface area contributed by atoms with Gasteiger partial charge < -0.3 is 9.13 Å². The lowest BCUT2D eigenvalue weighted by Gasteiger charge is -2.12. The number of pyridine rings is 1. The molecule has 3 nitrogen and oxygen atoms in total. The summed E-state index contributed by atoms with van der Waals surface area (Å²) in [5, 5.41) is 7.45. The fourth-order valence-electron chi connectivity index (χ4n) is 9.15. The normalized spacial score (nSPS) is 12.1. The number of hydrogen-bond donors (Lipinski definition) is 0. The Morgan fingerprint density at radius 2 is 0.944 bits per heavy atom. The van der Waals surface area contributed by atoms with Crippen LogP contribution in [0.5, 0.6) is 0 Å². The second-order valence-corrected chi connectivity index (χ2v) is 14.4. The predicted molar refractivity (Wildman–Crippen MR) is 226 cm³/mol. The lowest BCUT2D eigenvalue weighted by molar-refractivity contribution is 1.17. The lowest BCUT2D eigenvalue weighted by atomic mass is 9.95. The van der Waals surface area contributed by atoms with Crippen LogP contribution in [-0.4, -0.2) is 14.1 Å². The summed E-state index contributed by atoms with van der Waals surface area (Å²) in [5.74, 6) is 0. The van der Waals surface area contributed by atoms with Crippen molar-refractivity contribution in [1.82, 2.24) is 14.1 Å². The SMILES string of the molecule is c1ccc(-n2c3ccc(-c4cccc(-c5ncc6cccc7c6c5-c5ccccc5-7)c4)cc3c3cc(-n4c5ccccc5c5ccccc54)ccc32)cc1. The van der Waals surface area contributed by atoms with E-state index in [4.69, 9.17) is 4.98 Å². The van der Waals surface area contributed by atoms with Gasteiger partial charge in [-0.15, -0.1) is 0 Å². The number of fused-ring (bicyclic) bond motifs is 9. The summed E-state index contributed by atoms with van der Waals surface area (Å²) in [4.78, 5) is 5.11. The maximum atomic E-state index is 5.11. The van der Waals surface area contributed by atoms with Crippen LogP contribution in [0.3, 0.4) is 0 Å². The van der Waals surface area contributed by atoms with Crippen molar-refractivity contribution >= 4 is 54.4 Å². The predicted octanol–water partition coefficient (Wildman–Crippen LogP) is 13.4.